The van der Waals surface area contributed by atoms with E-state index in [0.29, 0.717) is 24.8 Å². The Morgan fingerprint density at radius 1 is 1.30 bits per heavy atom. The summed E-state index contributed by atoms with van der Waals surface area (Å²) in [5.74, 6) is -0.201. The highest BCUT2D eigenvalue weighted by molar-refractivity contribution is 5.93. The van der Waals surface area contributed by atoms with Crippen LogP contribution < -0.4 is 0 Å². The van der Waals surface area contributed by atoms with Crippen molar-refractivity contribution >= 4 is 11.9 Å². The van der Waals surface area contributed by atoms with Crippen molar-refractivity contribution in [3.63, 3.8) is 0 Å². The maximum Gasteiger partial charge on any atom is 0.338 e. The molecule has 148 valence electrons. The fraction of sp³-hybridized carbons (Fsp3) is 0.545. The van der Waals surface area contributed by atoms with Crippen LogP contribution in [0.3, 0.4) is 0 Å². The van der Waals surface area contributed by atoms with Crippen LogP contribution in [0.4, 0.5) is 0 Å². The van der Waals surface area contributed by atoms with Crippen molar-refractivity contribution in [3.8, 4) is 0 Å². The summed E-state index contributed by atoms with van der Waals surface area (Å²) in [7, 11) is 3.11. The maximum absolute atomic E-state index is 12.8. The van der Waals surface area contributed by atoms with Crippen molar-refractivity contribution in [3.05, 3.63) is 46.5 Å². The SMILES string of the molecule is CON(C)C(=O)CC1CC/C=C/C[C@H](C)OC(=O)c2c(C)cc(C)cc2C1. The summed E-state index contributed by atoms with van der Waals surface area (Å²) in [6.45, 7) is 5.89. The van der Waals surface area contributed by atoms with Crippen molar-refractivity contribution in [2.24, 2.45) is 5.92 Å². The van der Waals surface area contributed by atoms with Gasteiger partial charge in [-0.05, 0) is 57.1 Å². The highest BCUT2D eigenvalue weighted by Gasteiger charge is 2.23. The Kier molecular flexibility index (Phi) is 7.60. The Morgan fingerprint density at radius 2 is 2.04 bits per heavy atom. The topological polar surface area (TPSA) is 55.8 Å². The van der Waals surface area contributed by atoms with Crippen LogP contribution in [0.15, 0.2) is 24.3 Å². The summed E-state index contributed by atoms with van der Waals surface area (Å²) >= 11 is 0. The van der Waals surface area contributed by atoms with Gasteiger partial charge in [0.25, 0.3) is 0 Å². The molecule has 1 heterocycles. The van der Waals surface area contributed by atoms with Crippen molar-refractivity contribution in [2.75, 3.05) is 14.2 Å². The van der Waals surface area contributed by atoms with Crippen molar-refractivity contribution in [1.29, 1.82) is 0 Å². The highest BCUT2D eigenvalue weighted by Crippen LogP contribution is 2.26. The number of hydrogen-bond donors (Lipinski definition) is 0. The number of esters is 1. The molecule has 0 aromatic heterocycles. The van der Waals surface area contributed by atoms with Gasteiger partial charge in [0, 0.05) is 19.9 Å². The van der Waals surface area contributed by atoms with Crippen LogP contribution in [0.5, 0.6) is 0 Å². The maximum atomic E-state index is 12.8. The van der Waals surface area contributed by atoms with Crippen LogP contribution in [-0.2, 0) is 20.8 Å². The zero-order chi connectivity index (χ0) is 20.0. The van der Waals surface area contributed by atoms with E-state index in [1.54, 1.807) is 7.05 Å². The minimum absolute atomic E-state index is 0.0549. The molecule has 0 bridgehead atoms. The first-order chi connectivity index (χ1) is 12.8. The second kappa shape index (κ2) is 9.70. The van der Waals surface area contributed by atoms with E-state index in [-0.39, 0.29) is 23.9 Å². The molecule has 1 amide bonds. The predicted molar refractivity (Wildman–Crippen MR) is 105 cm³/mol. The fourth-order valence-electron chi connectivity index (χ4n) is 3.60. The van der Waals surface area contributed by atoms with E-state index in [4.69, 9.17) is 9.57 Å². The van der Waals surface area contributed by atoms with Crippen LogP contribution in [0.1, 0.15) is 59.7 Å². The van der Waals surface area contributed by atoms with E-state index in [0.717, 1.165) is 29.5 Å². The molecule has 1 unspecified atom stereocenters. The van der Waals surface area contributed by atoms with Crippen LogP contribution in [0, 0.1) is 19.8 Å². The van der Waals surface area contributed by atoms with Crippen molar-refractivity contribution in [1.82, 2.24) is 5.06 Å². The number of ether oxygens (including phenoxy) is 1. The molecule has 1 aromatic rings. The lowest BCUT2D eigenvalue weighted by Crippen LogP contribution is -2.28. The largest absolute Gasteiger partial charge is 0.459 e. The number of allylic oxidation sites excluding steroid dienone is 1. The third-order valence-electron chi connectivity index (χ3n) is 5.05. The summed E-state index contributed by atoms with van der Waals surface area (Å²) < 4.78 is 5.66. The zero-order valence-electron chi connectivity index (χ0n) is 17.1. The third kappa shape index (κ3) is 5.93. The van der Waals surface area contributed by atoms with Gasteiger partial charge in [-0.1, -0.05) is 29.8 Å². The number of benzene rings is 1. The number of aryl methyl sites for hydroxylation is 2. The number of hydrogen-bond acceptors (Lipinski definition) is 4. The second-order valence-electron chi connectivity index (χ2n) is 7.46. The summed E-state index contributed by atoms with van der Waals surface area (Å²) in [6, 6.07) is 4.06. The quantitative estimate of drug-likeness (QED) is 0.454. The van der Waals surface area contributed by atoms with Gasteiger partial charge >= 0.3 is 5.97 Å². The number of fused-ring (bicyclic) bond motifs is 1. The van der Waals surface area contributed by atoms with E-state index in [9.17, 15) is 9.59 Å². The smallest absolute Gasteiger partial charge is 0.338 e. The van der Waals surface area contributed by atoms with Crippen LogP contribution >= 0.6 is 0 Å². The average molecular weight is 373 g/mol. The molecular weight excluding hydrogens is 342 g/mol. The van der Waals surface area contributed by atoms with E-state index < -0.39 is 0 Å². The Morgan fingerprint density at radius 3 is 2.74 bits per heavy atom. The number of amides is 1. The van der Waals surface area contributed by atoms with E-state index in [1.165, 1.54) is 12.2 Å². The molecule has 0 spiro atoms. The van der Waals surface area contributed by atoms with E-state index in [2.05, 4.69) is 12.2 Å². The van der Waals surface area contributed by atoms with Gasteiger partial charge < -0.3 is 4.74 Å². The Bertz CT molecular complexity index is 711. The number of nitrogens with zero attached hydrogens (tertiary/aromatic N) is 1. The fourth-order valence-corrected chi connectivity index (χ4v) is 3.60. The lowest BCUT2D eigenvalue weighted by atomic mass is 9.87. The van der Waals surface area contributed by atoms with E-state index >= 15 is 0 Å². The van der Waals surface area contributed by atoms with Gasteiger partial charge in [-0.2, -0.15) is 0 Å². The Labute approximate surface area is 162 Å². The number of carbonyl (C=O) groups is 2. The Hall–Kier alpha value is -2.14. The molecule has 1 aromatic carbocycles. The number of hydroxylamine groups is 2. The molecule has 1 aliphatic rings. The monoisotopic (exact) mass is 373 g/mol. The minimum atomic E-state index is -0.275. The third-order valence-corrected chi connectivity index (χ3v) is 5.05. The molecule has 5 nitrogen and oxygen atoms in total. The standard InChI is InChI=1S/C22H31NO4/c1-15-11-16(2)21-19(12-15)13-18(14-20(24)23(4)26-5)10-8-6-7-9-17(3)27-22(21)25/h6-7,11-12,17-18H,8-10,13-14H2,1-5H3/b7-6+/t17-,18?/m0/s1. The van der Waals surface area contributed by atoms with Gasteiger partial charge in [0.15, 0.2) is 0 Å². The summed E-state index contributed by atoms with van der Waals surface area (Å²) in [4.78, 5) is 30.2. The van der Waals surface area contributed by atoms with Gasteiger partial charge in [0.2, 0.25) is 5.91 Å². The average Bonchev–Trinajstić information content (AvgIpc) is 2.58. The zero-order valence-corrected chi connectivity index (χ0v) is 17.1. The van der Waals surface area contributed by atoms with Crippen molar-refractivity contribution < 1.29 is 19.2 Å². The molecule has 0 saturated heterocycles. The molecular formula is C22H31NO4. The first kappa shape index (κ1) is 21.2. The molecule has 27 heavy (non-hydrogen) atoms. The molecule has 1 aliphatic heterocycles. The van der Waals surface area contributed by atoms with Crippen molar-refractivity contribution in [2.45, 2.75) is 59.0 Å². The normalized spacial score (nSPS) is 22.0. The summed E-state index contributed by atoms with van der Waals surface area (Å²) in [5.41, 5.74) is 3.65. The Balaban J connectivity index is 2.37. The molecule has 0 radical (unpaired) electrons. The molecule has 5 heteroatoms. The van der Waals surface area contributed by atoms with Crippen LogP contribution in [0.25, 0.3) is 0 Å². The summed E-state index contributed by atoms with van der Waals surface area (Å²) in [5, 5.41) is 1.27. The van der Waals surface area contributed by atoms with Gasteiger partial charge in [-0.25, -0.2) is 9.86 Å². The summed E-state index contributed by atoms with van der Waals surface area (Å²) in [6.07, 6.45) is 7.55. The predicted octanol–water partition coefficient (Wildman–Crippen LogP) is 4.16. The second-order valence-corrected chi connectivity index (χ2v) is 7.46. The molecule has 0 N–H and O–H groups in total. The molecule has 2 rings (SSSR count). The van der Waals surface area contributed by atoms with Crippen LogP contribution in [0.2, 0.25) is 0 Å². The van der Waals surface area contributed by atoms with Gasteiger partial charge in [-0.15, -0.1) is 0 Å². The lowest BCUT2D eigenvalue weighted by Gasteiger charge is -2.23. The number of cyclic esters (lactones) is 1. The van der Waals surface area contributed by atoms with Gasteiger partial charge in [0.1, 0.15) is 6.10 Å². The molecule has 0 saturated carbocycles. The lowest BCUT2D eigenvalue weighted by molar-refractivity contribution is -0.169. The first-order valence-corrected chi connectivity index (χ1v) is 9.58. The first-order valence-electron chi connectivity index (χ1n) is 9.58. The van der Waals surface area contributed by atoms with Gasteiger partial charge in [-0.3, -0.25) is 9.63 Å². The number of rotatable bonds is 3. The molecule has 2 atom stereocenters. The van der Waals surface area contributed by atoms with E-state index in [1.807, 2.05) is 32.9 Å². The molecule has 0 fully saturated rings. The van der Waals surface area contributed by atoms with Gasteiger partial charge in [0.05, 0.1) is 12.7 Å². The van der Waals surface area contributed by atoms with Crippen LogP contribution in [-0.4, -0.2) is 37.2 Å². The highest BCUT2D eigenvalue weighted by atomic mass is 16.7. The molecule has 0 aliphatic carbocycles. The minimum Gasteiger partial charge on any atom is -0.459 e. The number of carbonyl (C=O) groups excluding carboxylic acids is 2.